The van der Waals surface area contributed by atoms with E-state index in [9.17, 15) is 4.79 Å². The zero-order valence-corrected chi connectivity index (χ0v) is 11.3. The fraction of sp³-hybridized carbons (Fsp3) is 0.545. The van der Waals surface area contributed by atoms with Crippen molar-refractivity contribution in [2.45, 2.75) is 24.8 Å². The second-order valence-electron chi connectivity index (χ2n) is 3.87. The molecule has 2 N–H and O–H groups in total. The number of hydrogen-bond acceptors (Lipinski definition) is 5. The van der Waals surface area contributed by atoms with Gasteiger partial charge in [0.2, 0.25) is 5.91 Å². The van der Waals surface area contributed by atoms with Crippen molar-refractivity contribution in [2.24, 2.45) is 0 Å². The van der Waals surface area contributed by atoms with Crippen LogP contribution in [0.15, 0.2) is 11.4 Å². The minimum absolute atomic E-state index is 0.0645. The number of amides is 1. The highest BCUT2D eigenvalue weighted by Gasteiger charge is 2.11. The van der Waals surface area contributed by atoms with Crippen LogP contribution in [0, 0.1) is 0 Å². The smallest absolute Gasteiger partial charge is 0.232 e. The summed E-state index contributed by atoms with van der Waals surface area (Å²) >= 11 is 1.42. The molecular formula is C11H18N4OS. The van der Waals surface area contributed by atoms with Gasteiger partial charge < -0.3 is 10.6 Å². The van der Waals surface area contributed by atoms with Crippen molar-refractivity contribution < 1.29 is 4.79 Å². The highest BCUT2D eigenvalue weighted by Crippen LogP contribution is 2.24. The van der Waals surface area contributed by atoms with Gasteiger partial charge in [0.15, 0.2) is 0 Å². The van der Waals surface area contributed by atoms with E-state index in [4.69, 9.17) is 5.73 Å². The molecule has 0 atom stereocenters. The summed E-state index contributed by atoms with van der Waals surface area (Å²) in [4.78, 5) is 21.2. The number of hydrogen-bond donors (Lipinski definition) is 1. The third-order valence-corrected chi connectivity index (χ3v) is 3.29. The predicted octanol–water partition coefficient (Wildman–Crippen LogP) is 1.19. The average molecular weight is 254 g/mol. The Morgan fingerprint density at radius 2 is 2.18 bits per heavy atom. The van der Waals surface area contributed by atoms with E-state index in [1.54, 1.807) is 19.0 Å². The number of thioether (sulfide) groups is 1. The van der Waals surface area contributed by atoms with Crippen LogP contribution in [0.3, 0.4) is 0 Å². The van der Waals surface area contributed by atoms with Gasteiger partial charge in [-0.1, -0.05) is 25.1 Å². The Labute approximate surface area is 106 Å². The molecule has 1 amide bonds. The zero-order valence-electron chi connectivity index (χ0n) is 10.4. The first-order chi connectivity index (χ1) is 8.06. The molecule has 0 aliphatic heterocycles. The van der Waals surface area contributed by atoms with Gasteiger partial charge in [-0.05, 0) is 6.42 Å². The lowest BCUT2D eigenvalue weighted by Gasteiger charge is -2.11. The molecule has 0 saturated heterocycles. The minimum Gasteiger partial charge on any atom is -0.383 e. The summed E-state index contributed by atoms with van der Waals surface area (Å²) in [5, 5.41) is 0.814. The molecule has 0 fully saturated rings. The molecule has 17 heavy (non-hydrogen) atoms. The summed E-state index contributed by atoms with van der Waals surface area (Å²) < 4.78 is 0. The Bertz CT molecular complexity index is 395. The van der Waals surface area contributed by atoms with Gasteiger partial charge in [-0.2, -0.15) is 0 Å². The number of nitrogens with two attached hydrogens (primary N) is 1. The van der Waals surface area contributed by atoms with Crippen LogP contribution in [0.5, 0.6) is 0 Å². The van der Waals surface area contributed by atoms with E-state index in [0.717, 1.165) is 23.4 Å². The summed E-state index contributed by atoms with van der Waals surface area (Å²) in [6.07, 6.45) is 3.26. The maximum Gasteiger partial charge on any atom is 0.232 e. The van der Waals surface area contributed by atoms with Crippen molar-refractivity contribution >= 4 is 23.5 Å². The number of carbonyl (C=O) groups excluding carboxylic acids is 1. The van der Waals surface area contributed by atoms with E-state index in [1.807, 2.05) is 0 Å². The third-order valence-electron chi connectivity index (χ3n) is 2.27. The first kappa shape index (κ1) is 13.8. The second-order valence-corrected chi connectivity index (χ2v) is 4.83. The summed E-state index contributed by atoms with van der Waals surface area (Å²) in [7, 11) is 3.48. The number of rotatable bonds is 5. The van der Waals surface area contributed by atoms with E-state index in [1.165, 1.54) is 18.1 Å². The fourth-order valence-corrected chi connectivity index (χ4v) is 2.30. The van der Waals surface area contributed by atoms with Crippen LogP contribution >= 0.6 is 11.8 Å². The van der Waals surface area contributed by atoms with Crippen LogP contribution in [0.4, 0.5) is 5.82 Å². The summed E-state index contributed by atoms with van der Waals surface area (Å²) in [5.74, 6) is 0.955. The number of aromatic nitrogens is 2. The molecular weight excluding hydrogens is 236 g/mol. The van der Waals surface area contributed by atoms with Gasteiger partial charge in [0.25, 0.3) is 0 Å². The topological polar surface area (TPSA) is 72.1 Å². The molecule has 0 aliphatic rings. The molecule has 0 bridgehead atoms. The highest BCUT2D eigenvalue weighted by molar-refractivity contribution is 7.99. The van der Waals surface area contributed by atoms with Crippen LogP contribution in [-0.4, -0.2) is 40.6 Å². The molecule has 0 radical (unpaired) electrons. The molecule has 1 rings (SSSR count). The Hall–Kier alpha value is -1.30. The molecule has 0 saturated carbocycles. The standard InChI is InChI=1S/C11H18N4OS/c1-4-5-8-10(12)13-7-14-11(8)17-6-9(16)15(2)3/h7H,4-6H2,1-3H3,(H2,12,13,14). The number of anilines is 1. The molecule has 0 spiro atoms. The van der Waals surface area contributed by atoms with Gasteiger partial charge >= 0.3 is 0 Å². The van der Waals surface area contributed by atoms with Crippen LogP contribution in [-0.2, 0) is 11.2 Å². The van der Waals surface area contributed by atoms with Gasteiger partial charge in [0.05, 0.1) is 5.75 Å². The van der Waals surface area contributed by atoms with E-state index in [0.29, 0.717) is 11.6 Å². The molecule has 94 valence electrons. The lowest BCUT2D eigenvalue weighted by atomic mass is 10.2. The lowest BCUT2D eigenvalue weighted by molar-refractivity contribution is -0.125. The number of nitrogens with zero attached hydrogens (tertiary/aromatic N) is 3. The van der Waals surface area contributed by atoms with Gasteiger partial charge in [-0.15, -0.1) is 0 Å². The number of carbonyl (C=O) groups is 1. The largest absolute Gasteiger partial charge is 0.383 e. The molecule has 0 unspecified atom stereocenters. The summed E-state index contributed by atoms with van der Waals surface area (Å²) in [6, 6.07) is 0. The minimum atomic E-state index is 0.0645. The fourth-order valence-electron chi connectivity index (χ4n) is 1.28. The van der Waals surface area contributed by atoms with E-state index in [2.05, 4.69) is 16.9 Å². The van der Waals surface area contributed by atoms with Gasteiger partial charge in [-0.25, -0.2) is 9.97 Å². The predicted molar refractivity (Wildman–Crippen MR) is 69.9 cm³/mol. The van der Waals surface area contributed by atoms with Crippen LogP contribution in [0.1, 0.15) is 18.9 Å². The van der Waals surface area contributed by atoms with Crippen molar-refractivity contribution in [3.05, 3.63) is 11.9 Å². The maximum absolute atomic E-state index is 11.5. The maximum atomic E-state index is 11.5. The Morgan fingerprint density at radius 3 is 2.76 bits per heavy atom. The summed E-state index contributed by atoms with van der Waals surface area (Å²) in [5.41, 5.74) is 6.76. The van der Waals surface area contributed by atoms with Crippen LogP contribution in [0.25, 0.3) is 0 Å². The molecule has 1 aromatic rings. The number of nitrogen functional groups attached to an aromatic ring is 1. The van der Waals surface area contributed by atoms with Crippen molar-refractivity contribution in [3.8, 4) is 0 Å². The average Bonchev–Trinajstić information content (AvgIpc) is 2.29. The lowest BCUT2D eigenvalue weighted by Crippen LogP contribution is -2.23. The molecule has 6 heteroatoms. The molecule has 1 heterocycles. The van der Waals surface area contributed by atoms with Crippen LogP contribution < -0.4 is 5.73 Å². The van der Waals surface area contributed by atoms with Crippen LogP contribution in [0.2, 0.25) is 0 Å². The van der Waals surface area contributed by atoms with Crippen molar-refractivity contribution in [2.75, 3.05) is 25.6 Å². The molecule has 1 aromatic heterocycles. The normalized spacial score (nSPS) is 10.3. The zero-order chi connectivity index (χ0) is 12.8. The first-order valence-corrected chi connectivity index (χ1v) is 6.47. The quantitative estimate of drug-likeness (QED) is 0.631. The monoisotopic (exact) mass is 254 g/mol. The highest BCUT2D eigenvalue weighted by atomic mass is 32.2. The van der Waals surface area contributed by atoms with Gasteiger partial charge in [0.1, 0.15) is 17.2 Å². The van der Waals surface area contributed by atoms with E-state index < -0.39 is 0 Å². The van der Waals surface area contributed by atoms with Crippen molar-refractivity contribution in [1.29, 1.82) is 0 Å². The van der Waals surface area contributed by atoms with Crippen molar-refractivity contribution in [3.63, 3.8) is 0 Å². The second kappa shape index (κ2) is 6.44. The summed E-state index contributed by atoms with van der Waals surface area (Å²) in [6.45, 7) is 2.08. The molecule has 0 aliphatic carbocycles. The Morgan fingerprint density at radius 1 is 1.47 bits per heavy atom. The Balaban J connectivity index is 2.76. The van der Waals surface area contributed by atoms with Crippen molar-refractivity contribution in [1.82, 2.24) is 14.9 Å². The first-order valence-electron chi connectivity index (χ1n) is 5.48. The molecule has 5 nitrogen and oxygen atoms in total. The Kier molecular flexibility index (Phi) is 5.21. The molecule has 0 aromatic carbocycles. The van der Waals surface area contributed by atoms with E-state index >= 15 is 0 Å². The van der Waals surface area contributed by atoms with Gasteiger partial charge in [0, 0.05) is 19.7 Å². The third kappa shape index (κ3) is 3.89. The van der Waals surface area contributed by atoms with Gasteiger partial charge in [-0.3, -0.25) is 4.79 Å². The SMILES string of the molecule is CCCc1c(N)ncnc1SCC(=O)N(C)C. The van der Waals surface area contributed by atoms with E-state index in [-0.39, 0.29) is 5.91 Å².